The summed E-state index contributed by atoms with van der Waals surface area (Å²) >= 11 is 5.61. The molecule has 5 heteroatoms. The van der Waals surface area contributed by atoms with Gasteiger partial charge < -0.3 is 8.93 Å². The second-order valence-corrected chi connectivity index (χ2v) is 3.37. The van der Waals surface area contributed by atoms with Gasteiger partial charge in [0.15, 0.2) is 0 Å². The van der Waals surface area contributed by atoms with E-state index >= 15 is 0 Å². The molecule has 0 heterocycles. The van der Waals surface area contributed by atoms with E-state index in [2.05, 4.69) is 10.6 Å². The summed E-state index contributed by atoms with van der Waals surface area (Å²) in [6.07, 6.45) is 0. The molecule has 12 heavy (non-hydrogen) atoms. The minimum Gasteiger partial charge on any atom is -0.448 e. The predicted octanol–water partition coefficient (Wildman–Crippen LogP) is 2.20. The molecule has 0 amide bonds. The third-order valence-corrected chi connectivity index (χ3v) is 1.92. The van der Waals surface area contributed by atoms with Gasteiger partial charge in [0.1, 0.15) is 5.82 Å². The fourth-order valence-electron chi connectivity index (χ4n) is 0.695. The van der Waals surface area contributed by atoms with E-state index in [0.717, 1.165) is 6.07 Å². The van der Waals surface area contributed by atoms with Crippen LogP contribution in [0.25, 0.3) is 0 Å². The van der Waals surface area contributed by atoms with Crippen LogP contribution < -0.4 is 4.72 Å². The van der Waals surface area contributed by atoms with Gasteiger partial charge in [0.2, 0.25) is 0 Å². The second-order valence-electron chi connectivity index (χ2n) is 2.07. The highest BCUT2D eigenvalue weighted by molar-refractivity contribution is 7.83. The molecule has 0 aliphatic rings. The van der Waals surface area contributed by atoms with E-state index in [9.17, 15) is 8.60 Å². The van der Waals surface area contributed by atoms with Crippen LogP contribution in [0.5, 0.6) is 0 Å². The molecule has 0 bridgehead atoms. The van der Waals surface area contributed by atoms with Gasteiger partial charge in [0.25, 0.3) is 0 Å². The van der Waals surface area contributed by atoms with Crippen molar-refractivity contribution in [2.45, 2.75) is 0 Å². The molecule has 0 saturated carbocycles. The second kappa shape index (κ2) is 3.78. The molecule has 1 N–H and O–H groups in total. The Morgan fingerprint density at radius 2 is 2.25 bits per heavy atom. The van der Waals surface area contributed by atoms with Gasteiger partial charge in [-0.15, -0.1) is 0 Å². The highest BCUT2D eigenvalue weighted by Crippen LogP contribution is 2.21. The van der Waals surface area contributed by atoms with Crippen LogP contribution in [0, 0.1) is 5.82 Å². The Labute approximate surface area is 76.5 Å². The van der Waals surface area contributed by atoms with Crippen LogP contribution in [0.4, 0.5) is 10.1 Å². The first-order valence-electron chi connectivity index (χ1n) is 3.03. The van der Waals surface area contributed by atoms with Crippen molar-refractivity contribution in [3.05, 3.63) is 29.0 Å². The van der Waals surface area contributed by atoms with E-state index < -0.39 is 16.4 Å². The number of anilines is 1. The van der Waals surface area contributed by atoms with Crippen LogP contribution in [0.15, 0.2) is 18.2 Å². The lowest BCUT2D eigenvalue weighted by Crippen LogP contribution is -1.94. The van der Waals surface area contributed by atoms with Gasteiger partial charge in [-0.3, -0.25) is 0 Å². The van der Waals surface area contributed by atoms with Crippen molar-refractivity contribution in [3.8, 4) is 0 Å². The van der Waals surface area contributed by atoms with Crippen molar-refractivity contribution in [2.75, 3.05) is 4.72 Å². The molecule has 1 rings (SSSR count). The molecule has 1 aromatic carbocycles. The van der Waals surface area contributed by atoms with E-state index in [1.54, 1.807) is 0 Å². The number of benzene rings is 1. The molecule has 0 radical (unpaired) electrons. The zero-order chi connectivity index (χ0) is 9.14. The fraction of sp³-hybridized carbons (Fsp3) is 0. The van der Waals surface area contributed by atoms with E-state index in [0.29, 0.717) is 5.69 Å². The maximum absolute atomic E-state index is 12.5. The molecule has 0 unspecified atom stereocenters. The first kappa shape index (κ1) is 9.35. The van der Waals surface area contributed by atoms with Gasteiger partial charge in [-0.25, -0.2) is 4.39 Å². The smallest absolute Gasteiger partial charge is 0.124 e. The Balaban J connectivity index is 3.01. The summed E-state index contributed by atoms with van der Waals surface area (Å²) in [5, 5.41) is 0.187. The lowest BCUT2D eigenvalue weighted by atomic mass is 10.3. The van der Waals surface area contributed by atoms with E-state index in [1.165, 1.54) is 12.1 Å². The Morgan fingerprint density at radius 1 is 1.58 bits per heavy atom. The van der Waals surface area contributed by atoms with Gasteiger partial charge in [-0.2, -0.15) is 16.4 Å². The highest BCUT2D eigenvalue weighted by atomic mass is 35.5. The molecule has 0 fully saturated rings. The molecule has 0 aliphatic carbocycles. The molecule has 0 atom stereocenters. The van der Waals surface area contributed by atoms with Crippen LogP contribution in [0.2, 0.25) is 5.02 Å². The highest BCUT2D eigenvalue weighted by Gasteiger charge is 1.97. The first-order valence-corrected chi connectivity index (χ1v) is 4.72. The molecule has 0 saturated heterocycles. The molecule has 66 valence electrons. The lowest BCUT2D eigenvalue weighted by Gasteiger charge is -2.09. The maximum atomic E-state index is 12.5. The van der Waals surface area contributed by atoms with Crippen LogP contribution in [0.3, 0.4) is 0 Å². The van der Waals surface area contributed by atoms with E-state index in [-0.39, 0.29) is 5.02 Å². The number of rotatable bonds is 2. The summed E-state index contributed by atoms with van der Waals surface area (Å²) in [7, 11) is -1.44. The average molecular weight is 207 g/mol. The summed E-state index contributed by atoms with van der Waals surface area (Å²) in [5.74, 6) is 2.78. The average Bonchev–Trinajstić information content (AvgIpc) is 1.94. The van der Waals surface area contributed by atoms with Crippen LogP contribution in [-0.4, -0.2) is 5.87 Å². The van der Waals surface area contributed by atoms with Crippen molar-refractivity contribution in [1.82, 2.24) is 0 Å². The molecule has 0 aromatic heterocycles. The van der Waals surface area contributed by atoms with Gasteiger partial charge in [-0.05, 0) is 18.2 Å². The van der Waals surface area contributed by atoms with Crippen LogP contribution in [-0.2, 0) is 14.8 Å². The Morgan fingerprint density at radius 3 is 2.75 bits per heavy atom. The fourth-order valence-corrected chi connectivity index (χ4v) is 1.39. The number of nitrogens with one attached hydrogen (secondary N) is 1. The van der Waals surface area contributed by atoms with Crippen molar-refractivity contribution in [1.29, 1.82) is 0 Å². The molecule has 1 aromatic rings. The van der Waals surface area contributed by atoms with Gasteiger partial charge in [0, 0.05) is 5.69 Å². The minimum atomic E-state index is -1.44. The topological polar surface area (TPSA) is 29.1 Å². The summed E-state index contributed by atoms with van der Waals surface area (Å²) in [6.45, 7) is 0. The molecule has 2 nitrogen and oxygen atoms in total. The summed E-state index contributed by atoms with van der Waals surface area (Å²) in [5.41, 5.74) is 0.409. The minimum absolute atomic E-state index is 0.187. The normalized spacial score (nSPS) is 10.2. The summed E-state index contributed by atoms with van der Waals surface area (Å²) < 4.78 is 25.5. The summed E-state index contributed by atoms with van der Waals surface area (Å²) in [6, 6.07) is 3.76. The Bertz CT molecular complexity index is 356. The van der Waals surface area contributed by atoms with Gasteiger partial charge >= 0.3 is 0 Å². The molecular weight excluding hydrogens is 201 g/mol. The monoisotopic (exact) mass is 206 g/mol. The van der Waals surface area contributed by atoms with Gasteiger partial charge in [-0.1, -0.05) is 11.6 Å². The Kier molecular flexibility index (Phi) is 2.94. The van der Waals surface area contributed by atoms with Crippen LogP contribution in [0.1, 0.15) is 0 Å². The van der Waals surface area contributed by atoms with Gasteiger partial charge in [0.05, 0.1) is 5.02 Å². The predicted molar refractivity (Wildman–Crippen MR) is 50.2 cm³/mol. The maximum Gasteiger partial charge on any atom is 0.124 e. The SMILES string of the molecule is C=[S-](=O)Nc1ccc(F)cc1Cl. The molecule has 0 aliphatic heterocycles. The van der Waals surface area contributed by atoms with Crippen molar-refractivity contribution in [3.63, 3.8) is 0 Å². The van der Waals surface area contributed by atoms with Crippen molar-refractivity contribution < 1.29 is 8.60 Å². The molecular formula is C7H6ClFNOS-. The van der Waals surface area contributed by atoms with Crippen molar-refractivity contribution in [2.24, 2.45) is 0 Å². The Hall–Kier alpha value is -0.740. The number of halogens is 2. The molecule has 0 spiro atoms. The number of hydrogen-bond donors (Lipinski definition) is 1. The van der Waals surface area contributed by atoms with Crippen molar-refractivity contribution >= 4 is 33.7 Å². The van der Waals surface area contributed by atoms with E-state index in [1.807, 2.05) is 0 Å². The third kappa shape index (κ3) is 2.39. The lowest BCUT2D eigenvalue weighted by molar-refractivity contribution is 0.605. The van der Waals surface area contributed by atoms with Crippen LogP contribution >= 0.6 is 11.6 Å². The third-order valence-electron chi connectivity index (χ3n) is 1.15. The summed E-state index contributed by atoms with van der Waals surface area (Å²) in [4.78, 5) is 0. The van der Waals surface area contributed by atoms with E-state index in [4.69, 9.17) is 11.6 Å². The largest absolute Gasteiger partial charge is 0.448 e. The number of hydrogen-bond acceptors (Lipinski definition) is 2. The standard InChI is InChI=1S/C7H6ClFNOS/c1-12(11)10-7-3-2-5(9)4-6(7)8/h2-4H,1H2,(H,10,11)/q-1. The zero-order valence-corrected chi connectivity index (χ0v) is 7.58. The quantitative estimate of drug-likeness (QED) is 0.584. The zero-order valence-electron chi connectivity index (χ0n) is 6.01. The first-order chi connectivity index (χ1) is 5.59.